The first-order valence-electron chi connectivity index (χ1n) is 13.9. The van der Waals surface area contributed by atoms with Crippen LogP contribution in [0.3, 0.4) is 0 Å². The molecule has 0 amide bonds. The van der Waals surface area contributed by atoms with Crippen molar-refractivity contribution < 1.29 is 14.5 Å². The highest BCUT2D eigenvalue weighted by Crippen LogP contribution is 2.38. The zero-order valence-corrected chi connectivity index (χ0v) is 23.1. The van der Waals surface area contributed by atoms with Crippen LogP contribution in [-0.2, 0) is 0 Å². The summed E-state index contributed by atoms with van der Waals surface area (Å²) >= 11 is 6.71. The third-order valence-corrected chi connectivity index (χ3v) is 7.48. The number of nitrogens with zero attached hydrogens (tertiary/aromatic N) is 4. The number of nitrogens with one attached hydrogen (secondary N) is 4. The van der Waals surface area contributed by atoms with Gasteiger partial charge in [-0.05, 0) is 60.7 Å². The first-order chi connectivity index (χ1) is 20.7. The number of hydrogen-bond acceptors (Lipinski definition) is 8. The van der Waals surface area contributed by atoms with Crippen molar-refractivity contribution in [2.45, 2.75) is 44.3 Å². The molecule has 1 aliphatic carbocycles. The van der Waals surface area contributed by atoms with Crippen LogP contribution in [0.2, 0.25) is 5.02 Å². The lowest BCUT2D eigenvalue weighted by atomic mass is 10.0. The molecule has 4 aromatic rings. The van der Waals surface area contributed by atoms with E-state index in [-0.39, 0.29) is 10.6 Å². The molecule has 1 aliphatic heterocycles. The predicted molar refractivity (Wildman–Crippen MR) is 154 cm³/mol. The van der Waals surface area contributed by atoms with E-state index in [2.05, 4.69) is 37.6 Å². The first kappa shape index (κ1) is 26.4. The monoisotopic (exact) mass is 591 g/mol. The highest BCUT2D eigenvalue weighted by Gasteiger charge is 2.32. The number of fused-ring (bicyclic) bond motifs is 1. The molecule has 2 aromatic heterocycles. The summed E-state index contributed by atoms with van der Waals surface area (Å²) in [6, 6.07) is 10.3. The highest BCUT2D eigenvalue weighted by atomic mass is 35.5. The molecule has 8 nitrogen and oxygen atoms in total. The average molecular weight is 592 g/mol. The van der Waals surface area contributed by atoms with Gasteiger partial charge < -0.3 is 16.1 Å². The van der Waals surface area contributed by atoms with Crippen LogP contribution in [0.5, 0.6) is 0 Å². The molecule has 0 bridgehead atoms. The number of hydrazine groups is 2. The topological polar surface area (TPSA) is 101 Å². The zero-order chi connectivity index (χ0) is 30.3. The zero-order valence-electron chi connectivity index (χ0n) is 23.4. The van der Waals surface area contributed by atoms with Gasteiger partial charge in [0.1, 0.15) is 11.9 Å². The molecule has 6 rings (SSSR count). The third kappa shape index (κ3) is 5.51. The van der Waals surface area contributed by atoms with Crippen molar-refractivity contribution in [3.63, 3.8) is 0 Å². The predicted octanol–water partition coefficient (Wildman–Crippen LogP) is 6.62. The summed E-state index contributed by atoms with van der Waals surface area (Å²) in [4.78, 5) is 7.89. The summed E-state index contributed by atoms with van der Waals surface area (Å²) in [6.07, 6.45) is 6.95. The smallest absolute Gasteiger partial charge is 0.248 e. The minimum Gasteiger partial charge on any atom is -0.377 e. The molecule has 1 fully saturated rings. The first-order valence-corrected chi connectivity index (χ1v) is 13.7. The van der Waals surface area contributed by atoms with Crippen LogP contribution in [0.4, 0.5) is 24.5 Å². The summed E-state index contributed by atoms with van der Waals surface area (Å²) < 4.78 is 51.0. The molecule has 1 saturated carbocycles. The molecule has 214 valence electrons. The third-order valence-electron chi connectivity index (χ3n) is 7.19. The molecule has 0 spiro atoms. The lowest BCUT2D eigenvalue weighted by molar-refractivity contribution is 0.260. The molecule has 1 unspecified atom stereocenters. The molecule has 0 radical (unpaired) electrons. The number of halogens is 4. The van der Waals surface area contributed by atoms with Crippen LogP contribution >= 0.6 is 11.6 Å². The maximum absolute atomic E-state index is 14.0. The lowest BCUT2D eigenvalue weighted by Crippen LogP contribution is -2.38. The quantitative estimate of drug-likeness (QED) is 0.161. The maximum Gasteiger partial charge on any atom is 0.248 e. The number of anilines is 2. The van der Waals surface area contributed by atoms with E-state index in [9.17, 15) is 19.8 Å². The molecule has 12 heteroatoms. The van der Waals surface area contributed by atoms with Crippen molar-refractivity contribution in [2.24, 2.45) is 0 Å². The number of aromatic nitrogens is 2. The Kier molecular flexibility index (Phi) is 7.15. The normalized spacial score (nSPS) is 17.1. The van der Waals surface area contributed by atoms with E-state index in [4.69, 9.17) is 11.6 Å². The van der Waals surface area contributed by atoms with Gasteiger partial charge in [-0.25, -0.2) is 13.8 Å². The summed E-state index contributed by atoms with van der Waals surface area (Å²) in [5, 5.41) is 19.1. The van der Waals surface area contributed by atoms with Crippen LogP contribution in [0.1, 0.15) is 56.3 Å². The number of hydrogen-bond donors (Lipinski definition) is 4. The molecule has 2 atom stereocenters. The minimum absolute atomic E-state index is 0.204. The van der Waals surface area contributed by atoms with Gasteiger partial charge in [0.2, 0.25) is 5.95 Å². The second kappa shape index (κ2) is 11.4. The van der Waals surface area contributed by atoms with E-state index in [1.165, 1.54) is 36.7 Å². The highest BCUT2D eigenvalue weighted by molar-refractivity contribution is 6.35. The average Bonchev–Trinajstić information content (AvgIpc) is 3.73. The summed E-state index contributed by atoms with van der Waals surface area (Å²) in [7, 11) is 0. The Balaban J connectivity index is 1.44. The van der Waals surface area contributed by atoms with Crippen molar-refractivity contribution in [3.8, 4) is 6.07 Å². The van der Waals surface area contributed by atoms with Crippen LogP contribution in [-0.4, -0.2) is 21.0 Å². The fourth-order valence-corrected chi connectivity index (χ4v) is 5.12. The largest absolute Gasteiger partial charge is 0.377 e. The van der Waals surface area contributed by atoms with Gasteiger partial charge in [0.15, 0.2) is 5.82 Å². The minimum atomic E-state index is -1.61. The Labute approximate surface area is 246 Å². The standard InChI is InChI=1S/C30H26ClF3N8/c1-2-25(17-9-24(33)30(34)37-13-17)39-27-18(12-35)14-36-29-22(27)10-20(11-23(29)31)38-28(16-3-5-19(32)6-4-16)26-15-42(41-40-26)21-7-8-21/h3-6,9-11,13-15,21,25,28,38,40-41H,2,7-8H2,1H3,(H,36,39)/t25?,28-/m0/s1/i28D. The van der Waals surface area contributed by atoms with Gasteiger partial charge in [-0.3, -0.25) is 9.99 Å². The molecule has 2 aromatic carbocycles. The fraction of sp³-hybridized carbons (Fsp3) is 0.233. The lowest BCUT2D eigenvalue weighted by Gasteiger charge is -2.23. The van der Waals surface area contributed by atoms with Crippen molar-refractivity contribution in [3.05, 3.63) is 106 Å². The van der Waals surface area contributed by atoms with Crippen LogP contribution in [0.25, 0.3) is 10.9 Å². The van der Waals surface area contributed by atoms with Gasteiger partial charge >= 0.3 is 0 Å². The van der Waals surface area contributed by atoms with Gasteiger partial charge in [-0.15, -0.1) is 5.53 Å². The van der Waals surface area contributed by atoms with Gasteiger partial charge in [-0.2, -0.15) is 9.65 Å². The van der Waals surface area contributed by atoms with E-state index in [0.29, 0.717) is 51.6 Å². The van der Waals surface area contributed by atoms with Gasteiger partial charge in [-0.1, -0.05) is 30.7 Å². The van der Waals surface area contributed by atoms with Crippen molar-refractivity contribution >= 4 is 33.9 Å². The Morgan fingerprint density at radius 1 is 1.12 bits per heavy atom. The molecule has 42 heavy (non-hydrogen) atoms. The molecular weight excluding hydrogens is 565 g/mol. The Hall–Kier alpha value is -4.53. The van der Waals surface area contributed by atoms with E-state index in [1.54, 1.807) is 12.1 Å². The maximum atomic E-state index is 14.0. The van der Waals surface area contributed by atoms with Crippen molar-refractivity contribution in [1.29, 1.82) is 5.26 Å². The van der Waals surface area contributed by atoms with Crippen molar-refractivity contribution in [2.75, 3.05) is 10.6 Å². The number of rotatable bonds is 9. The number of nitriles is 1. The van der Waals surface area contributed by atoms with Gasteiger partial charge in [0.05, 0.1) is 40.9 Å². The summed E-state index contributed by atoms with van der Waals surface area (Å²) in [5.74, 6) is -2.71. The Morgan fingerprint density at radius 3 is 2.60 bits per heavy atom. The van der Waals surface area contributed by atoms with Gasteiger partial charge in [0, 0.05) is 35.7 Å². The Morgan fingerprint density at radius 2 is 1.90 bits per heavy atom. The SMILES string of the molecule is [2H][C@@](Nc1cc(Cl)c2ncc(C#N)c(NC(CC)c3cnc(F)c(F)c3)c2c1)(C1=CN(C2CC2)NN1)c1ccc(F)cc1. The summed E-state index contributed by atoms with van der Waals surface area (Å²) in [6.45, 7) is 1.85. The molecule has 4 N–H and O–H groups in total. The van der Waals surface area contributed by atoms with Crippen LogP contribution in [0, 0.1) is 28.9 Å². The number of pyridine rings is 2. The Bertz CT molecular complexity index is 1780. The molecule has 0 saturated heterocycles. The molecule has 3 heterocycles. The van der Waals surface area contributed by atoms with Gasteiger partial charge in [0.25, 0.3) is 0 Å². The van der Waals surface area contributed by atoms with E-state index < -0.39 is 29.6 Å². The second-order valence-electron chi connectivity index (χ2n) is 10.1. The van der Waals surface area contributed by atoms with E-state index >= 15 is 0 Å². The van der Waals surface area contributed by atoms with E-state index in [1.807, 2.05) is 18.1 Å². The fourth-order valence-electron chi connectivity index (χ4n) is 4.85. The second-order valence-corrected chi connectivity index (χ2v) is 10.5. The van der Waals surface area contributed by atoms with Crippen LogP contribution < -0.4 is 21.6 Å². The van der Waals surface area contributed by atoms with Crippen LogP contribution in [0.15, 0.2) is 66.8 Å². The van der Waals surface area contributed by atoms with E-state index in [0.717, 1.165) is 18.9 Å². The summed E-state index contributed by atoms with van der Waals surface area (Å²) in [5.41, 5.74) is 8.88. The van der Waals surface area contributed by atoms with Crippen molar-refractivity contribution in [1.82, 2.24) is 25.9 Å². The molecular formula is C30H26ClF3N8. The number of benzene rings is 2. The molecule has 2 aliphatic rings.